The monoisotopic (exact) mass is 404 g/mol. The standard InChI is InChI=1S/C17H13FN4O3S2/c1-9(24-11-4-2-10(18)3-5-11)16-21-22-17(25-16)27-8-13-19-12-6-7-26-14(12)15(23)20-13/h2-7,9H,8H2,1H3,(H,19,20,23)/t9-/m0/s1. The lowest BCUT2D eigenvalue weighted by Gasteiger charge is -2.10. The highest BCUT2D eigenvalue weighted by atomic mass is 32.2. The fourth-order valence-electron chi connectivity index (χ4n) is 2.33. The van der Waals surface area contributed by atoms with E-state index in [0.717, 1.165) is 0 Å². The molecule has 10 heteroatoms. The largest absolute Gasteiger partial charge is 0.481 e. The van der Waals surface area contributed by atoms with Gasteiger partial charge in [-0.05, 0) is 42.6 Å². The van der Waals surface area contributed by atoms with E-state index in [1.165, 1.54) is 47.4 Å². The van der Waals surface area contributed by atoms with E-state index in [1.807, 2.05) is 11.4 Å². The zero-order valence-corrected chi connectivity index (χ0v) is 15.6. The summed E-state index contributed by atoms with van der Waals surface area (Å²) in [4.78, 5) is 19.1. The van der Waals surface area contributed by atoms with Crippen LogP contribution in [0, 0.1) is 5.82 Å². The van der Waals surface area contributed by atoms with Gasteiger partial charge in [0, 0.05) is 0 Å². The van der Waals surface area contributed by atoms with Gasteiger partial charge in [0.05, 0.1) is 11.3 Å². The van der Waals surface area contributed by atoms with Crippen LogP contribution in [-0.4, -0.2) is 20.2 Å². The summed E-state index contributed by atoms with van der Waals surface area (Å²) < 4.78 is 24.8. The van der Waals surface area contributed by atoms with Crippen LogP contribution in [0.3, 0.4) is 0 Å². The average molecular weight is 404 g/mol. The van der Waals surface area contributed by atoms with Crippen LogP contribution in [0.4, 0.5) is 4.39 Å². The molecule has 27 heavy (non-hydrogen) atoms. The molecule has 4 rings (SSSR count). The molecular weight excluding hydrogens is 391 g/mol. The fourth-order valence-corrected chi connectivity index (χ4v) is 3.70. The molecule has 0 saturated heterocycles. The number of ether oxygens (including phenoxy) is 1. The normalized spacial score (nSPS) is 12.4. The van der Waals surface area contributed by atoms with Crippen LogP contribution in [0.25, 0.3) is 10.2 Å². The van der Waals surface area contributed by atoms with Gasteiger partial charge in [0.1, 0.15) is 22.1 Å². The number of rotatable bonds is 6. The fraction of sp³-hybridized carbons (Fsp3) is 0.176. The van der Waals surface area contributed by atoms with Gasteiger partial charge in [0.25, 0.3) is 16.7 Å². The van der Waals surface area contributed by atoms with Crippen molar-refractivity contribution in [2.45, 2.75) is 24.0 Å². The van der Waals surface area contributed by atoms with Crippen LogP contribution in [0.15, 0.2) is 50.1 Å². The molecule has 0 aliphatic carbocycles. The van der Waals surface area contributed by atoms with E-state index < -0.39 is 6.10 Å². The van der Waals surface area contributed by atoms with Crippen LogP contribution < -0.4 is 10.3 Å². The van der Waals surface area contributed by atoms with Crippen molar-refractivity contribution in [2.75, 3.05) is 0 Å². The maximum atomic E-state index is 12.9. The number of nitrogens with zero attached hydrogens (tertiary/aromatic N) is 3. The molecule has 0 spiro atoms. The number of H-pyrrole nitrogens is 1. The van der Waals surface area contributed by atoms with Crippen molar-refractivity contribution in [3.05, 3.63) is 63.6 Å². The summed E-state index contributed by atoms with van der Waals surface area (Å²) in [5, 5.41) is 10.1. The third-order valence-electron chi connectivity index (χ3n) is 3.59. The molecular formula is C17H13FN4O3S2. The Bertz CT molecular complexity index is 1120. The smallest absolute Gasteiger partial charge is 0.277 e. The molecule has 0 aliphatic heterocycles. The Morgan fingerprint density at radius 2 is 2.11 bits per heavy atom. The van der Waals surface area contributed by atoms with Crippen molar-refractivity contribution in [1.29, 1.82) is 0 Å². The van der Waals surface area contributed by atoms with Crippen molar-refractivity contribution in [2.24, 2.45) is 0 Å². The molecule has 1 aromatic carbocycles. The summed E-state index contributed by atoms with van der Waals surface area (Å²) >= 11 is 2.62. The van der Waals surface area contributed by atoms with Crippen molar-refractivity contribution in [3.8, 4) is 5.75 Å². The molecule has 0 fully saturated rings. The maximum Gasteiger partial charge on any atom is 0.277 e. The van der Waals surface area contributed by atoms with Crippen LogP contribution in [0.5, 0.6) is 5.75 Å². The zero-order chi connectivity index (χ0) is 18.8. The van der Waals surface area contributed by atoms with E-state index in [4.69, 9.17) is 9.15 Å². The molecule has 0 bridgehead atoms. The lowest BCUT2D eigenvalue weighted by atomic mass is 10.3. The number of aromatic amines is 1. The zero-order valence-electron chi connectivity index (χ0n) is 14.0. The lowest BCUT2D eigenvalue weighted by molar-refractivity contribution is 0.181. The molecule has 4 aromatic rings. The summed E-state index contributed by atoms with van der Waals surface area (Å²) in [6, 6.07) is 7.49. The number of aromatic nitrogens is 4. The average Bonchev–Trinajstić information content (AvgIpc) is 3.31. The van der Waals surface area contributed by atoms with Crippen molar-refractivity contribution >= 4 is 33.3 Å². The number of thiophene rings is 1. The first-order valence-corrected chi connectivity index (χ1v) is 9.80. The molecule has 0 amide bonds. The molecule has 3 aromatic heterocycles. The minimum atomic E-state index is -0.489. The summed E-state index contributed by atoms with van der Waals surface area (Å²) in [5.41, 5.74) is 0.519. The number of fused-ring (bicyclic) bond motifs is 1. The Morgan fingerprint density at radius 3 is 2.93 bits per heavy atom. The number of nitrogens with one attached hydrogen (secondary N) is 1. The molecule has 1 atom stereocenters. The van der Waals surface area contributed by atoms with E-state index in [1.54, 1.807) is 6.92 Å². The van der Waals surface area contributed by atoms with Crippen LogP contribution >= 0.6 is 23.1 Å². The molecule has 0 saturated carbocycles. The van der Waals surface area contributed by atoms with Gasteiger partial charge < -0.3 is 14.1 Å². The van der Waals surface area contributed by atoms with Gasteiger partial charge in [-0.15, -0.1) is 21.5 Å². The predicted molar refractivity (Wildman–Crippen MR) is 99.5 cm³/mol. The minimum Gasteiger partial charge on any atom is -0.481 e. The van der Waals surface area contributed by atoms with E-state index >= 15 is 0 Å². The number of hydrogen-bond donors (Lipinski definition) is 1. The molecule has 3 heterocycles. The number of thioether (sulfide) groups is 1. The summed E-state index contributed by atoms with van der Waals surface area (Å²) in [6.45, 7) is 1.76. The van der Waals surface area contributed by atoms with Gasteiger partial charge in [-0.2, -0.15) is 0 Å². The summed E-state index contributed by atoms with van der Waals surface area (Å²) in [6.07, 6.45) is -0.489. The van der Waals surface area contributed by atoms with Crippen LogP contribution in [0.1, 0.15) is 24.7 Å². The summed E-state index contributed by atoms with van der Waals surface area (Å²) in [5.74, 6) is 1.39. The van der Waals surface area contributed by atoms with Crippen LogP contribution in [-0.2, 0) is 5.75 Å². The second-order valence-corrected chi connectivity index (χ2v) is 7.40. The lowest BCUT2D eigenvalue weighted by Crippen LogP contribution is -2.09. The van der Waals surface area contributed by atoms with Gasteiger partial charge in [-0.1, -0.05) is 11.8 Å². The summed E-state index contributed by atoms with van der Waals surface area (Å²) in [7, 11) is 0. The third kappa shape index (κ3) is 4.01. The Morgan fingerprint density at radius 1 is 1.30 bits per heavy atom. The topological polar surface area (TPSA) is 93.9 Å². The minimum absolute atomic E-state index is 0.155. The molecule has 0 unspecified atom stereocenters. The van der Waals surface area contributed by atoms with Gasteiger partial charge in [-0.3, -0.25) is 4.79 Å². The van der Waals surface area contributed by atoms with Crippen molar-refractivity contribution < 1.29 is 13.5 Å². The van der Waals surface area contributed by atoms with Crippen molar-refractivity contribution in [1.82, 2.24) is 20.2 Å². The van der Waals surface area contributed by atoms with E-state index in [0.29, 0.717) is 38.7 Å². The Balaban J connectivity index is 1.41. The predicted octanol–water partition coefficient (Wildman–Crippen LogP) is 3.94. The highest BCUT2D eigenvalue weighted by Crippen LogP contribution is 2.25. The number of halogens is 1. The first-order chi connectivity index (χ1) is 13.1. The number of hydrogen-bond acceptors (Lipinski definition) is 8. The molecule has 0 radical (unpaired) electrons. The molecule has 7 nitrogen and oxygen atoms in total. The first kappa shape index (κ1) is 17.7. The highest BCUT2D eigenvalue weighted by Gasteiger charge is 2.16. The van der Waals surface area contributed by atoms with Crippen LogP contribution in [0.2, 0.25) is 0 Å². The van der Waals surface area contributed by atoms with Crippen molar-refractivity contribution in [3.63, 3.8) is 0 Å². The third-order valence-corrected chi connectivity index (χ3v) is 5.32. The SMILES string of the molecule is C[C@H](Oc1ccc(F)cc1)c1nnc(SCc2nc3ccsc3c(=O)[nH]2)o1. The van der Waals surface area contributed by atoms with E-state index in [-0.39, 0.29) is 11.4 Å². The van der Waals surface area contributed by atoms with Gasteiger partial charge in [0.15, 0.2) is 6.10 Å². The maximum absolute atomic E-state index is 12.9. The molecule has 1 N–H and O–H groups in total. The van der Waals surface area contributed by atoms with E-state index in [2.05, 4.69) is 20.2 Å². The van der Waals surface area contributed by atoms with E-state index in [9.17, 15) is 9.18 Å². The van der Waals surface area contributed by atoms with Gasteiger partial charge in [-0.25, -0.2) is 9.37 Å². The Labute approximate surface area is 160 Å². The molecule has 138 valence electrons. The van der Waals surface area contributed by atoms with Gasteiger partial charge in [0.2, 0.25) is 0 Å². The number of benzene rings is 1. The first-order valence-electron chi connectivity index (χ1n) is 7.93. The Hall–Kier alpha value is -2.72. The highest BCUT2D eigenvalue weighted by molar-refractivity contribution is 7.98. The second-order valence-electron chi connectivity index (χ2n) is 5.56. The van der Waals surface area contributed by atoms with Gasteiger partial charge >= 0.3 is 0 Å². The molecule has 0 aliphatic rings. The Kier molecular flexibility index (Phi) is 4.90. The second kappa shape index (κ2) is 7.49. The quantitative estimate of drug-likeness (QED) is 0.487.